The van der Waals surface area contributed by atoms with Gasteiger partial charge < -0.3 is 15.1 Å². The molecule has 3 rings (SSSR count). The van der Waals surface area contributed by atoms with E-state index in [1.54, 1.807) is 23.4 Å². The van der Waals surface area contributed by atoms with E-state index >= 15 is 0 Å². The topological polar surface area (TPSA) is 66.7 Å². The number of nitrogens with zero attached hydrogens (tertiary/aromatic N) is 2. The van der Waals surface area contributed by atoms with Crippen LogP contribution >= 0.6 is 0 Å². The van der Waals surface area contributed by atoms with Crippen molar-refractivity contribution in [3.63, 3.8) is 0 Å². The summed E-state index contributed by atoms with van der Waals surface area (Å²) >= 11 is 0. The number of aromatic nitrogens is 1. The highest BCUT2D eigenvalue weighted by atomic mass is 16.2. The zero-order valence-electron chi connectivity index (χ0n) is 16.5. The molecule has 1 aromatic heterocycles. The molecule has 2 atom stereocenters. The van der Waals surface area contributed by atoms with Gasteiger partial charge in [0, 0.05) is 44.7 Å². The van der Waals surface area contributed by atoms with E-state index < -0.39 is 0 Å². The fourth-order valence-electron chi connectivity index (χ4n) is 4.48. The van der Waals surface area contributed by atoms with Gasteiger partial charge in [-0.3, -0.25) is 14.6 Å². The molecule has 6 heteroatoms. The van der Waals surface area contributed by atoms with Gasteiger partial charge >= 0.3 is 0 Å². The van der Waals surface area contributed by atoms with E-state index in [1.807, 2.05) is 11.0 Å². The highest BCUT2D eigenvalue weighted by molar-refractivity contribution is 5.93. The van der Waals surface area contributed by atoms with Gasteiger partial charge in [0.25, 0.3) is 5.91 Å². The van der Waals surface area contributed by atoms with Crippen LogP contribution in [0.5, 0.6) is 0 Å². The molecule has 0 aromatic carbocycles. The van der Waals surface area contributed by atoms with E-state index in [9.17, 15) is 9.59 Å². The molecule has 0 bridgehead atoms. The third kappa shape index (κ3) is 5.51. The predicted octanol–water partition coefficient (Wildman–Crippen LogP) is 0.755. The first-order chi connectivity index (χ1) is 13.2. The molecule has 2 fully saturated rings. The largest absolute Gasteiger partial charge is 0.350 e. The molecular formula is C21H33N4O2+. The Balaban J connectivity index is 1.45. The first-order valence-corrected chi connectivity index (χ1v) is 10.5. The summed E-state index contributed by atoms with van der Waals surface area (Å²) in [4.78, 5) is 32.6. The van der Waals surface area contributed by atoms with E-state index in [2.05, 4.69) is 17.2 Å². The molecule has 6 nitrogen and oxygen atoms in total. The third-order valence-corrected chi connectivity index (χ3v) is 6.17. The molecule has 2 aliphatic rings. The van der Waals surface area contributed by atoms with E-state index in [4.69, 9.17) is 0 Å². The van der Waals surface area contributed by atoms with Crippen molar-refractivity contribution in [1.29, 1.82) is 0 Å². The number of amides is 2. The standard InChI is InChI=1S/C21H32N4O2/c1-2-17-16-25(21(27)19-6-5-8-22-15-19)12-7-18(17)14-20(26)23-9-13-24-10-3-4-11-24/h5-6,8,15,17-18H,2-4,7,9-14,16H2,1H3,(H,23,26)/p+1/t17-,18-/m0/s1. The molecule has 0 aliphatic carbocycles. The zero-order valence-corrected chi connectivity index (χ0v) is 16.5. The second-order valence-corrected chi connectivity index (χ2v) is 7.97. The van der Waals surface area contributed by atoms with E-state index in [0.717, 1.165) is 39.0 Å². The molecule has 3 heterocycles. The summed E-state index contributed by atoms with van der Waals surface area (Å²) in [6.45, 7) is 7.93. The summed E-state index contributed by atoms with van der Waals surface area (Å²) in [5.74, 6) is 0.975. The van der Waals surface area contributed by atoms with Crippen LogP contribution in [0.4, 0.5) is 0 Å². The first kappa shape index (κ1) is 19.8. The lowest BCUT2D eigenvalue weighted by atomic mass is 9.81. The molecule has 2 aliphatic heterocycles. The second kappa shape index (κ2) is 9.83. The van der Waals surface area contributed by atoms with Crippen molar-refractivity contribution in [3.05, 3.63) is 30.1 Å². The fourth-order valence-corrected chi connectivity index (χ4v) is 4.48. The maximum absolute atomic E-state index is 12.7. The SMILES string of the molecule is CC[C@H]1CN(C(=O)c2cccnc2)CC[C@H]1CC(=O)NCC[NH+]1CCCC1. The molecule has 0 saturated carbocycles. The van der Waals surface area contributed by atoms with Gasteiger partial charge in [-0.2, -0.15) is 0 Å². The number of hydrogen-bond donors (Lipinski definition) is 2. The summed E-state index contributed by atoms with van der Waals surface area (Å²) in [5, 5.41) is 3.11. The van der Waals surface area contributed by atoms with Gasteiger partial charge in [-0.25, -0.2) is 0 Å². The normalized spacial score (nSPS) is 23.4. The number of quaternary nitrogens is 1. The van der Waals surface area contributed by atoms with Crippen LogP contribution in [0.25, 0.3) is 0 Å². The van der Waals surface area contributed by atoms with Gasteiger partial charge in [0.2, 0.25) is 5.91 Å². The van der Waals surface area contributed by atoms with Crippen molar-refractivity contribution in [2.45, 2.75) is 39.0 Å². The number of piperidine rings is 1. The Morgan fingerprint density at radius 3 is 2.81 bits per heavy atom. The molecule has 27 heavy (non-hydrogen) atoms. The lowest BCUT2D eigenvalue weighted by Gasteiger charge is -2.38. The highest BCUT2D eigenvalue weighted by Crippen LogP contribution is 2.29. The number of rotatable bonds is 7. The second-order valence-electron chi connectivity index (χ2n) is 7.97. The summed E-state index contributed by atoms with van der Waals surface area (Å²) < 4.78 is 0. The Kier molecular flexibility index (Phi) is 7.21. The molecule has 148 valence electrons. The molecule has 2 amide bonds. The van der Waals surface area contributed by atoms with E-state index in [-0.39, 0.29) is 11.8 Å². The average Bonchev–Trinajstić information content (AvgIpc) is 3.22. The van der Waals surface area contributed by atoms with Crippen LogP contribution in [0, 0.1) is 11.8 Å². The van der Waals surface area contributed by atoms with Crippen LogP contribution in [-0.4, -0.2) is 61.0 Å². The lowest BCUT2D eigenvalue weighted by Crippen LogP contribution is -3.10. The van der Waals surface area contributed by atoms with Crippen molar-refractivity contribution >= 4 is 11.8 Å². The first-order valence-electron chi connectivity index (χ1n) is 10.5. The Morgan fingerprint density at radius 2 is 2.11 bits per heavy atom. The Hall–Kier alpha value is -1.95. The van der Waals surface area contributed by atoms with Crippen molar-refractivity contribution in [1.82, 2.24) is 15.2 Å². The summed E-state index contributed by atoms with van der Waals surface area (Å²) in [6, 6.07) is 3.61. The minimum absolute atomic E-state index is 0.0537. The molecule has 0 unspecified atom stereocenters. The zero-order chi connectivity index (χ0) is 19.1. The Morgan fingerprint density at radius 1 is 1.30 bits per heavy atom. The predicted molar refractivity (Wildman–Crippen MR) is 104 cm³/mol. The van der Waals surface area contributed by atoms with Crippen LogP contribution < -0.4 is 10.2 Å². The van der Waals surface area contributed by atoms with E-state index in [1.165, 1.54) is 25.9 Å². The van der Waals surface area contributed by atoms with Crippen molar-refractivity contribution in [3.8, 4) is 0 Å². The van der Waals surface area contributed by atoms with Crippen LogP contribution in [-0.2, 0) is 4.79 Å². The van der Waals surface area contributed by atoms with Crippen molar-refractivity contribution < 1.29 is 14.5 Å². The molecule has 0 spiro atoms. The number of carbonyl (C=O) groups is 2. The Labute approximate surface area is 162 Å². The lowest BCUT2D eigenvalue weighted by molar-refractivity contribution is -0.886. The van der Waals surface area contributed by atoms with Gasteiger partial charge in [-0.05, 0) is 30.4 Å². The van der Waals surface area contributed by atoms with Gasteiger partial charge in [-0.1, -0.05) is 13.3 Å². The maximum atomic E-state index is 12.7. The quantitative estimate of drug-likeness (QED) is 0.741. The molecule has 0 radical (unpaired) electrons. The molecule has 1 aromatic rings. The summed E-state index contributed by atoms with van der Waals surface area (Å²) in [7, 11) is 0. The minimum atomic E-state index is 0.0537. The fraction of sp³-hybridized carbons (Fsp3) is 0.667. The Bertz CT molecular complexity index is 616. The smallest absolute Gasteiger partial charge is 0.255 e. The van der Waals surface area contributed by atoms with Crippen molar-refractivity contribution in [2.24, 2.45) is 11.8 Å². The van der Waals surface area contributed by atoms with Gasteiger partial charge in [-0.15, -0.1) is 0 Å². The van der Waals surface area contributed by atoms with Gasteiger partial charge in [0.05, 0.1) is 31.7 Å². The van der Waals surface area contributed by atoms with Crippen molar-refractivity contribution in [2.75, 3.05) is 39.3 Å². The molecule has 2 N–H and O–H groups in total. The van der Waals surface area contributed by atoms with Crippen LogP contribution in [0.3, 0.4) is 0 Å². The molecular weight excluding hydrogens is 340 g/mol. The third-order valence-electron chi connectivity index (χ3n) is 6.17. The van der Waals surface area contributed by atoms with E-state index in [0.29, 0.717) is 23.8 Å². The number of carbonyl (C=O) groups excluding carboxylic acids is 2. The maximum Gasteiger partial charge on any atom is 0.255 e. The van der Waals surface area contributed by atoms with Crippen LogP contribution in [0.15, 0.2) is 24.5 Å². The van der Waals surface area contributed by atoms with Gasteiger partial charge in [0.15, 0.2) is 0 Å². The van der Waals surface area contributed by atoms with Crippen LogP contribution in [0.1, 0.15) is 49.4 Å². The monoisotopic (exact) mass is 373 g/mol. The number of likely N-dealkylation sites (tertiary alicyclic amines) is 2. The van der Waals surface area contributed by atoms with Crippen LogP contribution in [0.2, 0.25) is 0 Å². The molecule has 2 saturated heterocycles. The van der Waals surface area contributed by atoms with Gasteiger partial charge in [0.1, 0.15) is 0 Å². The summed E-state index contributed by atoms with van der Waals surface area (Å²) in [5.41, 5.74) is 0.646. The number of pyridine rings is 1. The number of hydrogen-bond acceptors (Lipinski definition) is 3. The minimum Gasteiger partial charge on any atom is -0.350 e. The average molecular weight is 374 g/mol. The highest BCUT2D eigenvalue weighted by Gasteiger charge is 2.32. The number of nitrogens with one attached hydrogen (secondary N) is 2. The summed E-state index contributed by atoms with van der Waals surface area (Å²) in [6.07, 6.45) is 8.42.